The maximum Gasteiger partial charge on any atom is 0.141 e. The lowest BCUT2D eigenvalue weighted by Gasteiger charge is -2.30. The number of nitrogens with one attached hydrogen (secondary N) is 1. The van der Waals surface area contributed by atoms with Gasteiger partial charge in [0.1, 0.15) is 11.9 Å². The molecule has 3 nitrogen and oxygen atoms in total. The van der Waals surface area contributed by atoms with E-state index in [-0.39, 0.29) is 18.2 Å². The first-order chi connectivity index (χ1) is 9.63. The van der Waals surface area contributed by atoms with Crippen LogP contribution in [0.4, 0.5) is 4.39 Å². The van der Waals surface area contributed by atoms with Crippen LogP contribution in [0.1, 0.15) is 49.8 Å². The fraction of sp³-hybridized carbons (Fsp3) is 0.562. The zero-order valence-electron chi connectivity index (χ0n) is 11.8. The molecule has 1 fully saturated rings. The number of aliphatic hydroxyl groups excluding tert-OH is 1. The van der Waals surface area contributed by atoms with Crippen molar-refractivity contribution in [3.63, 3.8) is 0 Å². The van der Waals surface area contributed by atoms with Gasteiger partial charge in [0.25, 0.3) is 0 Å². The molecule has 1 aliphatic rings. The molecule has 1 saturated carbocycles. The van der Waals surface area contributed by atoms with Crippen molar-refractivity contribution in [2.24, 2.45) is 5.92 Å². The molecule has 0 heterocycles. The van der Waals surface area contributed by atoms with Gasteiger partial charge in [-0.3, -0.25) is 0 Å². The Bertz CT molecular complexity index is 490. The molecule has 1 aromatic rings. The maximum absolute atomic E-state index is 13.6. The highest BCUT2D eigenvalue weighted by Crippen LogP contribution is 2.26. The highest BCUT2D eigenvalue weighted by Gasteiger charge is 2.22. The molecule has 1 aromatic carbocycles. The van der Waals surface area contributed by atoms with E-state index in [1.165, 1.54) is 12.1 Å². The molecular weight excluding hydrogens is 255 g/mol. The summed E-state index contributed by atoms with van der Waals surface area (Å²) in [5, 5.41) is 21.4. The quantitative estimate of drug-likeness (QED) is 0.889. The van der Waals surface area contributed by atoms with Crippen LogP contribution in [0, 0.1) is 23.1 Å². The van der Waals surface area contributed by atoms with Gasteiger partial charge >= 0.3 is 0 Å². The largest absolute Gasteiger partial charge is 0.396 e. The van der Waals surface area contributed by atoms with Gasteiger partial charge in [-0.25, -0.2) is 4.39 Å². The first-order valence-electron chi connectivity index (χ1n) is 7.20. The third kappa shape index (κ3) is 3.56. The van der Waals surface area contributed by atoms with Gasteiger partial charge < -0.3 is 10.4 Å². The molecule has 0 saturated heterocycles. The minimum absolute atomic E-state index is 0.0629. The highest BCUT2D eigenvalue weighted by atomic mass is 19.1. The van der Waals surface area contributed by atoms with Gasteiger partial charge in [0.15, 0.2) is 0 Å². The minimum atomic E-state index is -0.456. The SMILES string of the molecule is CC(NC1CCC(CO)CC1)c1ccc(C#N)c(F)c1. The second-order valence-electron chi connectivity index (χ2n) is 5.64. The lowest BCUT2D eigenvalue weighted by molar-refractivity contribution is 0.172. The lowest BCUT2D eigenvalue weighted by atomic mass is 9.86. The first-order valence-corrected chi connectivity index (χ1v) is 7.20. The number of hydrogen-bond acceptors (Lipinski definition) is 3. The summed E-state index contributed by atoms with van der Waals surface area (Å²) >= 11 is 0. The number of benzene rings is 1. The van der Waals surface area contributed by atoms with Gasteiger partial charge in [-0.05, 0) is 56.2 Å². The van der Waals surface area contributed by atoms with Gasteiger partial charge in [0, 0.05) is 18.7 Å². The molecular formula is C16H21FN2O. The summed E-state index contributed by atoms with van der Waals surface area (Å²) in [6.45, 7) is 2.29. The maximum atomic E-state index is 13.6. The predicted molar refractivity (Wildman–Crippen MR) is 75.5 cm³/mol. The van der Waals surface area contributed by atoms with Crippen molar-refractivity contribution < 1.29 is 9.50 Å². The van der Waals surface area contributed by atoms with Crippen molar-refractivity contribution >= 4 is 0 Å². The average Bonchev–Trinajstić information content (AvgIpc) is 2.48. The van der Waals surface area contributed by atoms with Crippen molar-refractivity contribution in [3.8, 4) is 6.07 Å². The Morgan fingerprint density at radius 2 is 2.10 bits per heavy atom. The molecule has 20 heavy (non-hydrogen) atoms. The van der Waals surface area contributed by atoms with E-state index in [1.54, 1.807) is 6.07 Å². The Kier molecular flexibility index (Phi) is 5.11. The fourth-order valence-electron chi connectivity index (χ4n) is 2.85. The molecule has 0 spiro atoms. The molecule has 0 amide bonds. The number of rotatable bonds is 4. The third-order valence-corrected chi connectivity index (χ3v) is 4.20. The molecule has 2 N–H and O–H groups in total. The van der Waals surface area contributed by atoms with Gasteiger partial charge in [-0.2, -0.15) is 5.26 Å². The number of aliphatic hydroxyl groups is 1. The van der Waals surface area contributed by atoms with Crippen LogP contribution in [0.3, 0.4) is 0 Å². The van der Waals surface area contributed by atoms with Crippen LogP contribution in [-0.2, 0) is 0 Å². The summed E-state index contributed by atoms with van der Waals surface area (Å²) in [5.74, 6) is -0.0154. The number of nitriles is 1. The van der Waals surface area contributed by atoms with Gasteiger partial charge in [-0.1, -0.05) is 6.07 Å². The summed E-state index contributed by atoms with van der Waals surface area (Å²) < 4.78 is 13.6. The number of halogens is 1. The molecule has 2 rings (SSSR count). The monoisotopic (exact) mass is 276 g/mol. The molecule has 0 aliphatic heterocycles. The van der Waals surface area contributed by atoms with E-state index in [9.17, 15) is 4.39 Å². The van der Waals surface area contributed by atoms with Crippen LogP contribution in [0.2, 0.25) is 0 Å². The molecule has 1 unspecified atom stereocenters. The summed E-state index contributed by atoms with van der Waals surface area (Å²) in [6, 6.07) is 7.10. The molecule has 1 atom stereocenters. The predicted octanol–water partition coefficient (Wildman–Crippen LogP) is 2.90. The van der Waals surface area contributed by atoms with Crippen LogP contribution < -0.4 is 5.32 Å². The van der Waals surface area contributed by atoms with E-state index >= 15 is 0 Å². The molecule has 1 aliphatic carbocycles. The second kappa shape index (κ2) is 6.83. The first kappa shape index (κ1) is 15.0. The van der Waals surface area contributed by atoms with Crippen LogP contribution >= 0.6 is 0 Å². The van der Waals surface area contributed by atoms with E-state index in [0.717, 1.165) is 31.2 Å². The van der Waals surface area contributed by atoms with E-state index in [0.29, 0.717) is 12.0 Å². The fourth-order valence-corrected chi connectivity index (χ4v) is 2.85. The highest BCUT2D eigenvalue weighted by molar-refractivity contribution is 5.34. The molecule has 108 valence electrons. The smallest absolute Gasteiger partial charge is 0.141 e. The lowest BCUT2D eigenvalue weighted by Crippen LogP contribution is -2.35. The van der Waals surface area contributed by atoms with Crippen molar-refractivity contribution in [1.29, 1.82) is 5.26 Å². The molecule has 0 radical (unpaired) electrons. The standard InChI is InChI=1S/C16H21FN2O/c1-11(13-4-5-14(9-18)16(17)8-13)19-15-6-2-12(10-20)3-7-15/h4-5,8,11-12,15,19-20H,2-3,6-7,10H2,1H3. The topological polar surface area (TPSA) is 56.0 Å². The van der Waals surface area contributed by atoms with E-state index in [4.69, 9.17) is 10.4 Å². The van der Waals surface area contributed by atoms with Gasteiger partial charge in [0.05, 0.1) is 5.56 Å². The molecule has 0 aromatic heterocycles. The van der Waals surface area contributed by atoms with Crippen molar-refractivity contribution in [2.45, 2.75) is 44.7 Å². The minimum Gasteiger partial charge on any atom is -0.396 e. The van der Waals surface area contributed by atoms with Crippen LogP contribution in [0.15, 0.2) is 18.2 Å². The average molecular weight is 276 g/mol. The zero-order valence-corrected chi connectivity index (χ0v) is 11.8. The van der Waals surface area contributed by atoms with Crippen molar-refractivity contribution in [3.05, 3.63) is 35.1 Å². The van der Waals surface area contributed by atoms with Crippen molar-refractivity contribution in [2.75, 3.05) is 6.61 Å². The van der Waals surface area contributed by atoms with Crippen LogP contribution in [0.25, 0.3) is 0 Å². The number of nitrogens with zero attached hydrogens (tertiary/aromatic N) is 1. The summed E-state index contributed by atoms with van der Waals surface area (Å²) in [5.41, 5.74) is 0.954. The number of hydrogen-bond donors (Lipinski definition) is 2. The van der Waals surface area contributed by atoms with Gasteiger partial charge in [0.2, 0.25) is 0 Å². The Labute approximate surface area is 119 Å². The van der Waals surface area contributed by atoms with Crippen LogP contribution in [0.5, 0.6) is 0 Å². The Morgan fingerprint density at radius 3 is 2.65 bits per heavy atom. The zero-order chi connectivity index (χ0) is 14.5. The van der Waals surface area contributed by atoms with Crippen LogP contribution in [-0.4, -0.2) is 17.8 Å². The van der Waals surface area contributed by atoms with E-state index in [1.807, 2.05) is 13.0 Å². The Hall–Kier alpha value is -1.44. The second-order valence-corrected chi connectivity index (χ2v) is 5.64. The summed E-state index contributed by atoms with van der Waals surface area (Å²) in [7, 11) is 0. The van der Waals surface area contributed by atoms with E-state index in [2.05, 4.69) is 5.32 Å². The third-order valence-electron chi connectivity index (χ3n) is 4.20. The Balaban J connectivity index is 1.94. The Morgan fingerprint density at radius 1 is 1.40 bits per heavy atom. The van der Waals surface area contributed by atoms with E-state index < -0.39 is 5.82 Å². The molecule has 0 bridgehead atoms. The van der Waals surface area contributed by atoms with Crippen molar-refractivity contribution in [1.82, 2.24) is 5.32 Å². The normalized spacial score (nSPS) is 24.1. The summed E-state index contributed by atoms with van der Waals surface area (Å²) in [6.07, 6.45) is 4.19. The summed E-state index contributed by atoms with van der Waals surface area (Å²) in [4.78, 5) is 0. The molecule has 4 heteroatoms. The van der Waals surface area contributed by atoms with Gasteiger partial charge in [-0.15, -0.1) is 0 Å².